The average molecular weight is 291 g/mol. The van der Waals surface area contributed by atoms with Crippen LogP contribution in [0.15, 0.2) is 34.7 Å². The molecule has 1 aromatic carbocycles. The van der Waals surface area contributed by atoms with Gasteiger partial charge in [-0.1, -0.05) is 42.9 Å². The second kappa shape index (κ2) is 4.79. The zero-order valence-corrected chi connectivity index (χ0v) is 11.8. The van der Waals surface area contributed by atoms with E-state index in [0.717, 1.165) is 23.3 Å². The molecule has 0 aliphatic heterocycles. The summed E-state index contributed by atoms with van der Waals surface area (Å²) in [7, 11) is 0. The number of nitrogens with one attached hydrogen (secondary N) is 1. The van der Waals surface area contributed by atoms with Gasteiger partial charge in [0.15, 0.2) is 11.3 Å². The number of furan rings is 1. The molecular weight excluding hydrogens is 280 g/mol. The third-order valence-corrected chi connectivity index (χ3v) is 3.40. The van der Waals surface area contributed by atoms with E-state index in [1.807, 2.05) is 31.2 Å². The van der Waals surface area contributed by atoms with Gasteiger partial charge in [-0.2, -0.15) is 0 Å². The SMILES string of the molecule is CCc1nc(=S)cc(-c2cc3cccc(Cl)c3o2)[nH]1. The lowest BCUT2D eigenvalue weighted by Crippen LogP contribution is -1.94. The molecule has 0 unspecified atom stereocenters. The van der Waals surface area contributed by atoms with Crippen LogP contribution in [0.5, 0.6) is 0 Å². The van der Waals surface area contributed by atoms with E-state index in [2.05, 4.69) is 9.97 Å². The Morgan fingerprint density at radius 3 is 2.95 bits per heavy atom. The molecule has 3 aromatic rings. The van der Waals surface area contributed by atoms with E-state index < -0.39 is 0 Å². The van der Waals surface area contributed by atoms with Crippen molar-refractivity contribution >= 4 is 34.8 Å². The Kier molecular flexibility index (Phi) is 3.12. The Bertz CT molecular complexity index is 807. The van der Waals surface area contributed by atoms with Crippen molar-refractivity contribution in [3.05, 3.63) is 45.8 Å². The van der Waals surface area contributed by atoms with Gasteiger partial charge < -0.3 is 9.40 Å². The van der Waals surface area contributed by atoms with Crippen LogP contribution in [-0.4, -0.2) is 9.97 Å². The van der Waals surface area contributed by atoms with Crippen LogP contribution in [0, 0.1) is 4.64 Å². The van der Waals surface area contributed by atoms with Gasteiger partial charge in [0, 0.05) is 17.9 Å². The van der Waals surface area contributed by atoms with Crippen LogP contribution in [-0.2, 0) is 6.42 Å². The van der Waals surface area contributed by atoms with Crippen molar-refractivity contribution in [2.75, 3.05) is 0 Å². The first-order chi connectivity index (χ1) is 9.17. The number of benzene rings is 1. The van der Waals surface area contributed by atoms with Gasteiger partial charge >= 0.3 is 0 Å². The molecule has 5 heteroatoms. The molecule has 0 aliphatic carbocycles. The molecule has 0 spiro atoms. The van der Waals surface area contributed by atoms with Crippen LogP contribution in [0.3, 0.4) is 0 Å². The highest BCUT2D eigenvalue weighted by Gasteiger charge is 2.10. The Balaban J connectivity index is 2.21. The highest BCUT2D eigenvalue weighted by atomic mass is 35.5. The van der Waals surface area contributed by atoms with Crippen molar-refractivity contribution in [2.45, 2.75) is 13.3 Å². The molecule has 0 saturated carbocycles. The van der Waals surface area contributed by atoms with Crippen LogP contribution in [0.4, 0.5) is 0 Å². The molecule has 3 nitrogen and oxygen atoms in total. The molecule has 96 valence electrons. The van der Waals surface area contributed by atoms with E-state index in [4.69, 9.17) is 28.2 Å². The monoisotopic (exact) mass is 290 g/mol. The van der Waals surface area contributed by atoms with E-state index in [0.29, 0.717) is 21.0 Å². The Hall–Kier alpha value is -1.65. The zero-order chi connectivity index (χ0) is 13.4. The Labute approximate surface area is 120 Å². The number of aryl methyl sites for hydroxylation is 1. The molecule has 0 atom stereocenters. The third kappa shape index (κ3) is 2.29. The summed E-state index contributed by atoms with van der Waals surface area (Å²) in [5.41, 5.74) is 1.51. The van der Waals surface area contributed by atoms with E-state index >= 15 is 0 Å². The maximum absolute atomic E-state index is 6.11. The second-order valence-electron chi connectivity index (χ2n) is 4.20. The summed E-state index contributed by atoms with van der Waals surface area (Å²) in [5, 5.41) is 1.57. The highest BCUT2D eigenvalue weighted by molar-refractivity contribution is 7.71. The number of nitrogens with zero attached hydrogens (tertiary/aromatic N) is 1. The van der Waals surface area contributed by atoms with Gasteiger partial charge in [0.25, 0.3) is 0 Å². The van der Waals surface area contributed by atoms with Crippen molar-refractivity contribution < 1.29 is 4.42 Å². The second-order valence-corrected chi connectivity index (χ2v) is 5.03. The summed E-state index contributed by atoms with van der Waals surface area (Å²) in [5.74, 6) is 1.56. The third-order valence-electron chi connectivity index (χ3n) is 2.89. The molecule has 0 fully saturated rings. The summed E-state index contributed by atoms with van der Waals surface area (Å²) in [6.45, 7) is 2.02. The molecule has 19 heavy (non-hydrogen) atoms. The number of fused-ring (bicyclic) bond motifs is 1. The van der Waals surface area contributed by atoms with E-state index in [1.165, 1.54) is 0 Å². The smallest absolute Gasteiger partial charge is 0.153 e. The number of H-pyrrole nitrogens is 1. The normalized spacial score (nSPS) is 11.1. The molecule has 0 bridgehead atoms. The molecule has 0 radical (unpaired) electrons. The summed E-state index contributed by atoms with van der Waals surface area (Å²) >= 11 is 11.3. The van der Waals surface area contributed by atoms with Gasteiger partial charge in [-0.25, -0.2) is 4.98 Å². The van der Waals surface area contributed by atoms with Gasteiger partial charge in [0.1, 0.15) is 10.5 Å². The lowest BCUT2D eigenvalue weighted by Gasteiger charge is -2.01. The largest absolute Gasteiger partial charge is 0.453 e. The van der Waals surface area contributed by atoms with Crippen LogP contribution in [0.2, 0.25) is 5.02 Å². The van der Waals surface area contributed by atoms with Gasteiger partial charge in [0.05, 0.1) is 10.7 Å². The predicted octanol–water partition coefficient (Wildman–Crippen LogP) is 4.77. The summed E-state index contributed by atoms with van der Waals surface area (Å²) in [4.78, 5) is 7.46. The number of hydrogen-bond acceptors (Lipinski definition) is 3. The van der Waals surface area contributed by atoms with Gasteiger partial charge in [-0.3, -0.25) is 0 Å². The minimum atomic E-state index is 0.553. The molecule has 1 N–H and O–H groups in total. The first-order valence-electron chi connectivity index (χ1n) is 5.96. The Morgan fingerprint density at radius 2 is 2.21 bits per heavy atom. The highest BCUT2D eigenvalue weighted by Crippen LogP contribution is 2.31. The van der Waals surface area contributed by atoms with Crippen molar-refractivity contribution in [1.82, 2.24) is 9.97 Å². The standard InChI is InChI=1S/C14H11ClN2OS/c1-2-12-16-10(7-13(19)17-12)11-6-8-4-3-5-9(15)14(8)18-11/h3-7H,2H2,1H3,(H,16,17,19). The number of hydrogen-bond donors (Lipinski definition) is 1. The molecule has 3 rings (SSSR count). The summed E-state index contributed by atoms with van der Waals surface area (Å²) in [6.07, 6.45) is 0.790. The van der Waals surface area contributed by atoms with E-state index in [-0.39, 0.29) is 0 Å². The summed E-state index contributed by atoms with van der Waals surface area (Å²) < 4.78 is 6.36. The number of rotatable bonds is 2. The predicted molar refractivity (Wildman–Crippen MR) is 79.0 cm³/mol. The summed E-state index contributed by atoms with van der Waals surface area (Å²) in [6, 6.07) is 9.41. The minimum Gasteiger partial charge on any atom is -0.453 e. The van der Waals surface area contributed by atoms with Gasteiger partial charge in [0.2, 0.25) is 0 Å². The van der Waals surface area contributed by atoms with Crippen molar-refractivity contribution in [3.63, 3.8) is 0 Å². The molecule has 0 saturated heterocycles. The number of halogens is 1. The van der Waals surface area contributed by atoms with E-state index in [9.17, 15) is 0 Å². The van der Waals surface area contributed by atoms with Crippen molar-refractivity contribution in [3.8, 4) is 11.5 Å². The van der Waals surface area contributed by atoms with Crippen LogP contribution < -0.4 is 0 Å². The molecule has 0 amide bonds. The van der Waals surface area contributed by atoms with Gasteiger partial charge in [-0.15, -0.1) is 0 Å². The first kappa shape index (κ1) is 12.4. The van der Waals surface area contributed by atoms with Gasteiger partial charge in [-0.05, 0) is 12.1 Å². The maximum Gasteiger partial charge on any atom is 0.153 e. The van der Waals surface area contributed by atoms with Crippen LogP contribution >= 0.6 is 23.8 Å². The quantitative estimate of drug-likeness (QED) is 0.691. The number of aromatic nitrogens is 2. The van der Waals surface area contributed by atoms with Crippen LogP contribution in [0.25, 0.3) is 22.4 Å². The lowest BCUT2D eigenvalue weighted by atomic mass is 10.2. The van der Waals surface area contributed by atoms with E-state index in [1.54, 1.807) is 6.07 Å². The molecule has 0 aliphatic rings. The first-order valence-corrected chi connectivity index (χ1v) is 6.74. The van der Waals surface area contributed by atoms with Crippen LogP contribution in [0.1, 0.15) is 12.7 Å². The lowest BCUT2D eigenvalue weighted by molar-refractivity contribution is 0.627. The fourth-order valence-electron chi connectivity index (χ4n) is 1.97. The number of para-hydroxylation sites is 1. The Morgan fingerprint density at radius 1 is 1.37 bits per heavy atom. The minimum absolute atomic E-state index is 0.553. The van der Waals surface area contributed by atoms with Crippen molar-refractivity contribution in [1.29, 1.82) is 0 Å². The van der Waals surface area contributed by atoms with Crippen molar-refractivity contribution in [2.24, 2.45) is 0 Å². The molecule has 2 aromatic heterocycles. The zero-order valence-electron chi connectivity index (χ0n) is 10.2. The maximum atomic E-state index is 6.11. The molecule has 2 heterocycles. The molecular formula is C14H11ClN2OS. The fourth-order valence-corrected chi connectivity index (χ4v) is 2.42. The number of aromatic amines is 1. The fraction of sp³-hybridized carbons (Fsp3) is 0.143. The average Bonchev–Trinajstić information content (AvgIpc) is 2.83. The topological polar surface area (TPSA) is 41.8 Å².